The molecule has 0 radical (unpaired) electrons. The first-order valence-corrected chi connectivity index (χ1v) is 7.87. The lowest BCUT2D eigenvalue weighted by molar-refractivity contribution is -0.145. The monoisotopic (exact) mass is 276 g/mol. The number of hydrogen-bond acceptors (Lipinski definition) is 2. The normalized spacial score (nSPS) is 30.0. The first kappa shape index (κ1) is 13.7. The molecule has 3 unspecified atom stereocenters. The van der Waals surface area contributed by atoms with Crippen LogP contribution in [0.4, 0.5) is 0 Å². The fraction of sp³-hybridized carbons (Fsp3) is 0.750. The number of nitrogens with zero attached hydrogens (tertiary/aromatic N) is 2. The van der Waals surface area contributed by atoms with Crippen LogP contribution >= 0.6 is 0 Å². The molecule has 2 aliphatic rings. The van der Waals surface area contributed by atoms with E-state index < -0.39 is 5.97 Å². The quantitative estimate of drug-likeness (QED) is 0.903. The number of rotatable bonds is 2. The lowest BCUT2D eigenvalue weighted by atomic mass is 9.78. The summed E-state index contributed by atoms with van der Waals surface area (Å²) in [7, 11) is 0. The first-order valence-electron chi connectivity index (χ1n) is 7.87. The molecule has 0 spiro atoms. The van der Waals surface area contributed by atoms with Gasteiger partial charge >= 0.3 is 5.97 Å². The number of carbonyl (C=O) groups is 1. The minimum Gasteiger partial charge on any atom is -0.481 e. The van der Waals surface area contributed by atoms with E-state index in [1.807, 2.05) is 6.92 Å². The molecule has 1 N–H and O–H groups in total. The molecule has 20 heavy (non-hydrogen) atoms. The summed E-state index contributed by atoms with van der Waals surface area (Å²) in [5.41, 5.74) is 2.54. The van der Waals surface area contributed by atoms with E-state index in [0.717, 1.165) is 37.9 Å². The van der Waals surface area contributed by atoms with Crippen molar-refractivity contribution in [2.45, 2.75) is 64.8 Å². The van der Waals surface area contributed by atoms with E-state index in [9.17, 15) is 9.90 Å². The van der Waals surface area contributed by atoms with Gasteiger partial charge in [0.25, 0.3) is 0 Å². The largest absolute Gasteiger partial charge is 0.481 e. The number of carboxylic acid groups (broad SMARTS) is 1. The molecule has 0 aromatic carbocycles. The topological polar surface area (TPSA) is 55.1 Å². The zero-order valence-corrected chi connectivity index (χ0v) is 12.4. The van der Waals surface area contributed by atoms with Crippen LogP contribution in [0.15, 0.2) is 0 Å². The van der Waals surface area contributed by atoms with Crippen LogP contribution in [0.5, 0.6) is 0 Å². The maximum Gasteiger partial charge on any atom is 0.308 e. The molecule has 110 valence electrons. The van der Waals surface area contributed by atoms with Gasteiger partial charge in [-0.15, -0.1) is 0 Å². The molecule has 0 aliphatic heterocycles. The summed E-state index contributed by atoms with van der Waals surface area (Å²) in [5, 5.41) is 9.55. The van der Waals surface area contributed by atoms with Crippen molar-refractivity contribution in [2.24, 2.45) is 11.8 Å². The Morgan fingerprint density at radius 2 is 2.05 bits per heavy atom. The summed E-state index contributed by atoms with van der Waals surface area (Å²) in [6.07, 6.45) is 7.35. The molecule has 0 amide bonds. The minimum absolute atomic E-state index is 0.102. The van der Waals surface area contributed by atoms with Crippen LogP contribution in [-0.4, -0.2) is 20.6 Å². The van der Waals surface area contributed by atoms with E-state index in [0.29, 0.717) is 5.92 Å². The second kappa shape index (κ2) is 5.23. The van der Waals surface area contributed by atoms with Gasteiger partial charge in [0.15, 0.2) is 0 Å². The smallest absolute Gasteiger partial charge is 0.308 e. The summed E-state index contributed by atoms with van der Waals surface area (Å²) >= 11 is 0. The van der Waals surface area contributed by atoms with E-state index >= 15 is 0 Å². The van der Waals surface area contributed by atoms with Crippen LogP contribution in [-0.2, 0) is 17.6 Å². The molecular formula is C16H24N2O2. The first-order chi connectivity index (χ1) is 9.58. The summed E-state index contributed by atoms with van der Waals surface area (Å²) in [6, 6.07) is 0.102. The molecule has 1 aromatic heterocycles. The van der Waals surface area contributed by atoms with E-state index in [2.05, 4.69) is 11.5 Å². The highest BCUT2D eigenvalue weighted by Crippen LogP contribution is 2.40. The number of aromatic nitrogens is 2. The number of aryl methyl sites for hydroxylation is 2. The lowest BCUT2D eigenvalue weighted by Gasteiger charge is -2.35. The average molecular weight is 276 g/mol. The van der Waals surface area contributed by atoms with Crippen molar-refractivity contribution in [2.75, 3.05) is 0 Å². The molecule has 1 aromatic rings. The molecule has 4 heteroatoms. The zero-order chi connectivity index (χ0) is 14.3. The van der Waals surface area contributed by atoms with E-state index in [4.69, 9.17) is 4.98 Å². The van der Waals surface area contributed by atoms with Crippen molar-refractivity contribution in [1.29, 1.82) is 0 Å². The molecule has 4 nitrogen and oxygen atoms in total. The summed E-state index contributed by atoms with van der Waals surface area (Å²) in [6.45, 7) is 4.28. The fourth-order valence-electron chi connectivity index (χ4n) is 4.06. The van der Waals surface area contributed by atoms with Gasteiger partial charge in [0.2, 0.25) is 0 Å². The van der Waals surface area contributed by atoms with Gasteiger partial charge in [-0.2, -0.15) is 0 Å². The van der Waals surface area contributed by atoms with Gasteiger partial charge in [0, 0.05) is 11.7 Å². The van der Waals surface area contributed by atoms with Crippen molar-refractivity contribution in [3.8, 4) is 0 Å². The zero-order valence-electron chi connectivity index (χ0n) is 12.4. The summed E-state index contributed by atoms with van der Waals surface area (Å²) < 4.78 is 2.28. The van der Waals surface area contributed by atoms with Crippen LogP contribution in [0, 0.1) is 18.8 Å². The van der Waals surface area contributed by atoms with Gasteiger partial charge in [0.05, 0.1) is 11.6 Å². The van der Waals surface area contributed by atoms with Crippen LogP contribution in [0.3, 0.4) is 0 Å². The Kier molecular flexibility index (Phi) is 3.57. The number of imidazole rings is 1. The average Bonchev–Trinajstić information content (AvgIpc) is 2.73. The van der Waals surface area contributed by atoms with Crippen molar-refractivity contribution in [3.63, 3.8) is 0 Å². The van der Waals surface area contributed by atoms with Crippen LogP contribution in [0.1, 0.15) is 62.3 Å². The highest BCUT2D eigenvalue weighted by molar-refractivity contribution is 5.70. The van der Waals surface area contributed by atoms with Crippen molar-refractivity contribution < 1.29 is 9.90 Å². The Morgan fingerprint density at radius 1 is 1.30 bits per heavy atom. The van der Waals surface area contributed by atoms with Gasteiger partial charge in [-0.3, -0.25) is 4.79 Å². The van der Waals surface area contributed by atoms with E-state index in [1.54, 1.807) is 0 Å². The van der Waals surface area contributed by atoms with Crippen molar-refractivity contribution >= 4 is 5.97 Å². The number of carboxylic acids is 1. The maximum absolute atomic E-state index is 11.6. The van der Waals surface area contributed by atoms with Crippen LogP contribution < -0.4 is 0 Å². The van der Waals surface area contributed by atoms with Gasteiger partial charge in [-0.1, -0.05) is 6.92 Å². The lowest BCUT2D eigenvalue weighted by Crippen LogP contribution is -2.33. The molecule has 0 bridgehead atoms. The van der Waals surface area contributed by atoms with Crippen molar-refractivity contribution in [1.82, 2.24) is 9.55 Å². The minimum atomic E-state index is -0.639. The molecule has 3 atom stereocenters. The Bertz CT molecular complexity index is 521. The number of hydrogen-bond donors (Lipinski definition) is 1. The fourth-order valence-corrected chi connectivity index (χ4v) is 4.06. The SMILES string of the molecule is Cc1nc2c(n1C1CC(C)CCC1C(=O)O)CCCC2. The Morgan fingerprint density at radius 3 is 2.80 bits per heavy atom. The van der Waals surface area contributed by atoms with Crippen molar-refractivity contribution in [3.05, 3.63) is 17.2 Å². The molecule has 1 saturated carbocycles. The van der Waals surface area contributed by atoms with E-state index in [-0.39, 0.29) is 12.0 Å². The molecular weight excluding hydrogens is 252 g/mol. The third-order valence-corrected chi connectivity index (χ3v) is 5.07. The molecule has 1 fully saturated rings. The Hall–Kier alpha value is -1.32. The third-order valence-electron chi connectivity index (χ3n) is 5.07. The van der Waals surface area contributed by atoms with Gasteiger partial charge in [-0.25, -0.2) is 4.98 Å². The van der Waals surface area contributed by atoms with Crippen LogP contribution in [0.25, 0.3) is 0 Å². The van der Waals surface area contributed by atoms with Gasteiger partial charge in [0.1, 0.15) is 5.82 Å². The molecule has 0 saturated heterocycles. The Balaban J connectivity index is 2.01. The second-order valence-electron chi connectivity index (χ2n) is 6.56. The number of aliphatic carboxylic acids is 1. The summed E-state index contributed by atoms with van der Waals surface area (Å²) in [5.74, 6) is 0.739. The molecule has 3 rings (SSSR count). The van der Waals surface area contributed by atoms with Crippen LogP contribution in [0.2, 0.25) is 0 Å². The highest BCUT2D eigenvalue weighted by atomic mass is 16.4. The maximum atomic E-state index is 11.6. The predicted molar refractivity (Wildman–Crippen MR) is 76.8 cm³/mol. The Labute approximate surface area is 120 Å². The molecule has 1 heterocycles. The van der Waals surface area contributed by atoms with E-state index in [1.165, 1.54) is 24.2 Å². The molecule has 2 aliphatic carbocycles. The number of fused-ring (bicyclic) bond motifs is 1. The standard InChI is InChI=1S/C16H24N2O2/c1-10-7-8-12(16(19)20)15(9-10)18-11(2)17-13-5-3-4-6-14(13)18/h10,12,15H,3-9H2,1-2H3,(H,19,20). The highest BCUT2D eigenvalue weighted by Gasteiger charge is 2.37. The predicted octanol–water partition coefficient (Wildman–Crippen LogP) is 3.13. The third kappa shape index (κ3) is 2.25. The van der Waals surface area contributed by atoms with Gasteiger partial charge in [-0.05, 0) is 57.8 Å². The second-order valence-corrected chi connectivity index (χ2v) is 6.56. The summed E-state index contributed by atoms with van der Waals surface area (Å²) in [4.78, 5) is 16.3. The van der Waals surface area contributed by atoms with Gasteiger partial charge < -0.3 is 9.67 Å².